The average molecular weight is 326 g/mol. The fraction of sp³-hybridized carbons (Fsp3) is 0.533. The molecule has 6 nitrogen and oxygen atoms in total. The van der Waals surface area contributed by atoms with Gasteiger partial charge in [0.2, 0.25) is 10.0 Å². The van der Waals surface area contributed by atoms with Crippen LogP contribution in [0.15, 0.2) is 29.2 Å². The predicted octanol–water partition coefficient (Wildman–Crippen LogP) is 1.19. The van der Waals surface area contributed by atoms with Gasteiger partial charge >= 0.3 is 0 Å². The van der Waals surface area contributed by atoms with Crippen LogP contribution in [-0.4, -0.2) is 62.9 Å². The van der Waals surface area contributed by atoms with Gasteiger partial charge in [-0.1, -0.05) is 0 Å². The molecule has 22 heavy (non-hydrogen) atoms. The molecule has 0 N–H and O–H groups in total. The molecule has 1 fully saturated rings. The molecule has 0 spiro atoms. The van der Waals surface area contributed by atoms with Gasteiger partial charge in [0.05, 0.1) is 23.6 Å². The van der Waals surface area contributed by atoms with Crippen molar-refractivity contribution in [3.63, 3.8) is 0 Å². The summed E-state index contributed by atoms with van der Waals surface area (Å²) in [6.45, 7) is 4.95. The molecular weight excluding hydrogens is 304 g/mol. The third kappa shape index (κ3) is 3.16. The zero-order valence-corrected chi connectivity index (χ0v) is 14.1. The first-order valence-corrected chi connectivity index (χ1v) is 8.64. The van der Waals surface area contributed by atoms with Crippen molar-refractivity contribution in [2.24, 2.45) is 0 Å². The molecule has 2 rings (SSSR count). The van der Waals surface area contributed by atoms with E-state index < -0.39 is 10.0 Å². The van der Waals surface area contributed by atoms with Crippen LogP contribution in [0.5, 0.6) is 0 Å². The summed E-state index contributed by atoms with van der Waals surface area (Å²) in [6, 6.07) is 6.05. The number of hydrogen-bond donors (Lipinski definition) is 0. The molecular formula is C15H22N2O4S. The van der Waals surface area contributed by atoms with Gasteiger partial charge in [0.25, 0.3) is 5.91 Å². The summed E-state index contributed by atoms with van der Waals surface area (Å²) in [4.78, 5) is 14.5. The van der Waals surface area contributed by atoms with E-state index in [1.165, 1.54) is 26.2 Å². The van der Waals surface area contributed by atoms with Crippen molar-refractivity contribution in [3.05, 3.63) is 29.8 Å². The molecule has 1 saturated heterocycles. The zero-order valence-electron chi connectivity index (χ0n) is 13.3. The molecule has 2 atom stereocenters. The summed E-state index contributed by atoms with van der Waals surface area (Å²) in [5.74, 6) is -0.101. The molecule has 1 aromatic rings. The third-order valence-corrected chi connectivity index (χ3v) is 5.85. The molecule has 1 aliphatic heterocycles. The Balaban J connectivity index is 2.22. The van der Waals surface area contributed by atoms with E-state index in [-0.39, 0.29) is 22.9 Å². The van der Waals surface area contributed by atoms with Gasteiger partial charge in [-0.05, 0) is 38.1 Å². The van der Waals surface area contributed by atoms with E-state index >= 15 is 0 Å². The minimum Gasteiger partial charge on any atom is -0.375 e. The van der Waals surface area contributed by atoms with Crippen LogP contribution in [0.1, 0.15) is 24.2 Å². The second-order valence-corrected chi connectivity index (χ2v) is 7.78. The van der Waals surface area contributed by atoms with E-state index in [1.807, 2.05) is 13.8 Å². The highest BCUT2D eigenvalue weighted by atomic mass is 32.2. The van der Waals surface area contributed by atoms with Crippen molar-refractivity contribution in [1.82, 2.24) is 9.21 Å². The molecule has 2 unspecified atom stereocenters. The standard InChI is InChI=1S/C15H22N2O4S/c1-11-12(2)21-10-9-17(11)15(18)13-5-7-14(8-6-13)22(19,20)16(3)4/h5-8,11-12H,9-10H2,1-4H3. The number of benzene rings is 1. The van der Waals surface area contributed by atoms with Gasteiger partial charge in [0, 0.05) is 26.2 Å². The van der Waals surface area contributed by atoms with Gasteiger partial charge in [-0.3, -0.25) is 4.79 Å². The van der Waals surface area contributed by atoms with E-state index in [1.54, 1.807) is 17.0 Å². The zero-order chi connectivity index (χ0) is 16.5. The fourth-order valence-electron chi connectivity index (χ4n) is 2.37. The van der Waals surface area contributed by atoms with Crippen LogP contribution in [0.4, 0.5) is 0 Å². The quantitative estimate of drug-likeness (QED) is 0.837. The summed E-state index contributed by atoms with van der Waals surface area (Å²) < 4.78 is 30.7. The van der Waals surface area contributed by atoms with Crippen molar-refractivity contribution in [2.45, 2.75) is 30.9 Å². The Hall–Kier alpha value is -1.44. The lowest BCUT2D eigenvalue weighted by atomic mass is 10.1. The van der Waals surface area contributed by atoms with E-state index in [9.17, 15) is 13.2 Å². The molecule has 0 aromatic heterocycles. The lowest BCUT2D eigenvalue weighted by Crippen LogP contribution is -2.51. The van der Waals surface area contributed by atoms with Gasteiger partial charge in [-0.15, -0.1) is 0 Å². The Kier molecular flexibility index (Phi) is 4.89. The van der Waals surface area contributed by atoms with Gasteiger partial charge < -0.3 is 9.64 Å². The number of hydrogen-bond acceptors (Lipinski definition) is 4. The van der Waals surface area contributed by atoms with Gasteiger partial charge in [-0.25, -0.2) is 12.7 Å². The number of morpholine rings is 1. The van der Waals surface area contributed by atoms with Crippen LogP contribution in [0.3, 0.4) is 0 Å². The molecule has 0 saturated carbocycles. The van der Waals surface area contributed by atoms with Crippen molar-refractivity contribution >= 4 is 15.9 Å². The van der Waals surface area contributed by atoms with Gasteiger partial charge in [0.1, 0.15) is 0 Å². The maximum atomic E-state index is 12.6. The van der Waals surface area contributed by atoms with Gasteiger partial charge in [0.15, 0.2) is 0 Å². The maximum absolute atomic E-state index is 12.6. The summed E-state index contributed by atoms with van der Waals surface area (Å²) in [7, 11) is -0.521. The maximum Gasteiger partial charge on any atom is 0.254 e. The SMILES string of the molecule is CC1OCCN(C(=O)c2ccc(S(=O)(=O)N(C)C)cc2)C1C. The predicted molar refractivity (Wildman–Crippen MR) is 83.2 cm³/mol. The number of amides is 1. The van der Waals surface area contributed by atoms with E-state index in [2.05, 4.69) is 0 Å². The number of carbonyl (C=O) groups is 1. The Morgan fingerprint density at radius 2 is 1.82 bits per heavy atom. The lowest BCUT2D eigenvalue weighted by Gasteiger charge is -2.37. The van der Waals surface area contributed by atoms with Crippen LogP contribution >= 0.6 is 0 Å². The average Bonchev–Trinajstić information content (AvgIpc) is 2.49. The first kappa shape index (κ1) is 16.9. The number of sulfonamides is 1. The fourth-order valence-corrected chi connectivity index (χ4v) is 3.27. The van der Waals surface area contributed by atoms with Crippen molar-refractivity contribution in [2.75, 3.05) is 27.2 Å². The highest BCUT2D eigenvalue weighted by Gasteiger charge is 2.29. The summed E-state index contributed by atoms with van der Waals surface area (Å²) in [6.07, 6.45) is -0.00825. The van der Waals surface area contributed by atoms with Crippen molar-refractivity contribution in [3.8, 4) is 0 Å². The Morgan fingerprint density at radius 1 is 1.23 bits per heavy atom. The lowest BCUT2D eigenvalue weighted by molar-refractivity contribution is -0.0440. The minimum atomic E-state index is -3.48. The topological polar surface area (TPSA) is 66.9 Å². The first-order chi connectivity index (χ1) is 10.2. The number of ether oxygens (including phenoxy) is 1. The smallest absolute Gasteiger partial charge is 0.254 e. The van der Waals surface area contributed by atoms with E-state index in [4.69, 9.17) is 4.74 Å². The minimum absolute atomic E-state index is 0.00793. The van der Waals surface area contributed by atoms with E-state index in [0.29, 0.717) is 18.7 Å². The van der Waals surface area contributed by atoms with Crippen LogP contribution < -0.4 is 0 Å². The molecule has 1 amide bonds. The molecule has 7 heteroatoms. The summed E-state index contributed by atoms with van der Waals surface area (Å²) in [5.41, 5.74) is 0.485. The third-order valence-electron chi connectivity index (χ3n) is 4.02. The molecule has 0 radical (unpaired) electrons. The second kappa shape index (κ2) is 6.36. The molecule has 0 aliphatic carbocycles. The van der Waals surface area contributed by atoms with Gasteiger partial charge in [-0.2, -0.15) is 0 Å². The second-order valence-electron chi connectivity index (χ2n) is 5.63. The molecule has 1 heterocycles. The summed E-state index contributed by atoms with van der Waals surface area (Å²) >= 11 is 0. The Bertz CT molecular complexity index is 640. The van der Waals surface area contributed by atoms with Crippen LogP contribution in [0.25, 0.3) is 0 Å². The molecule has 1 aromatic carbocycles. The summed E-state index contributed by atoms with van der Waals surface area (Å²) in [5, 5.41) is 0. The van der Waals surface area contributed by atoms with E-state index in [0.717, 1.165) is 4.31 Å². The molecule has 1 aliphatic rings. The van der Waals surface area contributed by atoms with Crippen LogP contribution in [0, 0.1) is 0 Å². The number of nitrogens with zero attached hydrogens (tertiary/aromatic N) is 2. The highest BCUT2D eigenvalue weighted by molar-refractivity contribution is 7.89. The largest absolute Gasteiger partial charge is 0.375 e. The number of rotatable bonds is 3. The normalized spacial score (nSPS) is 22.9. The molecule has 0 bridgehead atoms. The number of carbonyl (C=O) groups excluding carboxylic acids is 1. The van der Waals surface area contributed by atoms with Crippen molar-refractivity contribution < 1.29 is 17.9 Å². The van der Waals surface area contributed by atoms with Crippen LogP contribution in [0.2, 0.25) is 0 Å². The van der Waals surface area contributed by atoms with Crippen molar-refractivity contribution in [1.29, 1.82) is 0 Å². The molecule has 122 valence electrons. The Labute approximate surface area is 131 Å². The highest BCUT2D eigenvalue weighted by Crippen LogP contribution is 2.19. The monoisotopic (exact) mass is 326 g/mol. The first-order valence-electron chi connectivity index (χ1n) is 7.20. The Morgan fingerprint density at radius 3 is 2.36 bits per heavy atom. The van der Waals surface area contributed by atoms with Crippen LogP contribution in [-0.2, 0) is 14.8 Å².